The van der Waals surface area contributed by atoms with Crippen LogP contribution in [0.15, 0.2) is 18.2 Å². The number of methoxy groups -OCH3 is 1. The van der Waals surface area contributed by atoms with Gasteiger partial charge in [0.05, 0.1) is 29.2 Å². The standard InChI is InChI=1S/C13H17ClO4S/c1-18-11-8-9(5-6-10(11)14)13(15)12-4-2-3-7-19(12,16)17/h5-6,8,12-13,15H,2-4,7H2,1H3. The number of benzene rings is 1. The van der Waals surface area contributed by atoms with E-state index in [4.69, 9.17) is 16.3 Å². The van der Waals surface area contributed by atoms with Crippen molar-refractivity contribution in [1.29, 1.82) is 0 Å². The zero-order valence-electron chi connectivity index (χ0n) is 10.7. The molecule has 1 aromatic rings. The van der Waals surface area contributed by atoms with Crippen molar-refractivity contribution in [3.8, 4) is 5.75 Å². The molecule has 1 heterocycles. The predicted octanol–water partition coefficient (Wildman–Crippen LogP) is 2.35. The van der Waals surface area contributed by atoms with Crippen LogP contribution in [0.1, 0.15) is 30.9 Å². The third-order valence-corrected chi connectivity index (χ3v) is 6.08. The topological polar surface area (TPSA) is 63.6 Å². The monoisotopic (exact) mass is 304 g/mol. The van der Waals surface area contributed by atoms with Gasteiger partial charge in [0.15, 0.2) is 9.84 Å². The first-order chi connectivity index (χ1) is 8.95. The second-order valence-corrected chi connectivity index (χ2v) is 7.49. The van der Waals surface area contributed by atoms with E-state index in [9.17, 15) is 13.5 Å². The molecule has 0 bridgehead atoms. The minimum absolute atomic E-state index is 0.152. The van der Waals surface area contributed by atoms with E-state index in [-0.39, 0.29) is 5.75 Å². The van der Waals surface area contributed by atoms with Gasteiger partial charge in [-0.3, -0.25) is 0 Å². The van der Waals surface area contributed by atoms with Crippen LogP contribution in [0.3, 0.4) is 0 Å². The molecule has 0 amide bonds. The highest BCUT2D eigenvalue weighted by Gasteiger charge is 2.35. The molecule has 19 heavy (non-hydrogen) atoms. The van der Waals surface area contributed by atoms with E-state index < -0.39 is 21.2 Å². The van der Waals surface area contributed by atoms with Crippen LogP contribution in [0.25, 0.3) is 0 Å². The summed E-state index contributed by atoms with van der Waals surface area (Å²) in [5, 5.41) is 10.0. The Morgan fingerprint density at radius 2 is 2.16 bits per heavy atom. The van der Waals surface area contributed by atoms with E-state index in [1.807, 2.05) is 0 Å². The van der Waals surface area contributed by atoms with Crippen LogP contribution < -0.4 is 4.74 Å². The Balaban J connectivity index is 2.30. The van der Waals surface area contributed by atoms with Crippen molar-refractivity contribution in [2.75, 3.05) is 12.9 Å². The van der Waals surface area contributed by atoms with Crippen LogP contribution in [0.5, 0.6) is 5.75 Å². The van der Waals surface area contributed by atoms with Crippen LogP contribution in [-0.4, -0.2) is 31.6 Å². The Morgan fingerprint density at radius 1 is 1.42 bits per heavy atom. The maximum absolute atomic E-state index is 12.0. The Morgan fingerprint density at radius 3 is 2.79 bits per heavy atom. The smallest absolute Gasteiger partial charge is 0.156 e. The summed E-state index contributed by atoms with van der Waals surface area (Å²) in [6, 6.07) is 4.84. The normalized spacial score (nSPS) is 23.8. The van der Waals surface area contributed by atoms with Gasteiger partial charge in [-0.25, -0.2) is 8.42 Å². The van der Waals surface area contributed by atoms with Gasteiger partial charge in [-0.15, -0.1) is 0 Å². The zero-order valence-corrected chi connectivity index (χ0v) is 12.2. The number of hydrogen-bond donors (Lipinski definition) is 1. The van der Waals surface area contributed by atoms with Gasteiger partial charge < -0.3 is 9.84 Å². The Hall–Kier alpha value is -0.780. The van der Waals surface area contributed by atoms with Gasteiger partial charge in [-0.2, -0.15) is 0 Å². The minimum atomic E-state index is -3.22. The summed E-state index contributed by atoms with van der Waals surface area (Å²) in [5.41, 5.74) is 0.525. The summed E-state index contributed by atoms with van der Waals surface area (Å²) < 4.78 is 29.1. The van der Waals surface area contributed by atoms with Crippen LogP contribution in [0, 0.1) is 0 Å². The lowest BCUT2D eigenvalue weighted by atomic mass is 10.0. The SMILES string of the molecule is COc1cc(C(O)C2CCCCS2(=O)=O)ccc1Cl. The lowest BCUT2D eigenvalue weighted by molar-refractivity contribution is 0.164. The first kappa shape index (κ1) is 14.6. The molecule has 1 N–H and O–H groups in total. The fourth-order valence-corrected chi connectivity index (χ4v) is 4.59. The van der Waals surface area contributed by atoms with E-state index in [1.54, 1.807) is 18.2 Å². The van der Waals surface area contributed by atoms with Gasteiger partial charge >= 0.3 is 0 Å². The minimum Gasteiger partial charge on any atom is -0.495 e. The molecule has 0 aliphatic carbocycles. The molecule has 2 unspecified atom stereocenters. The van der Waals surface area contributed by atoms with Crippen LogP contribution in [0.4, 0.5) is 0 Å². The van der Waals surface area contributed by atoms with E-state index in [1.165, 1.54) is 7.11 Å². The first-order valence-corrected chi connectivity index (χ1v) is 8.28. The molecule has 0 spiro atoms. The maximum atomic E-state index is 12.0. The van der Waals surface area contributed by atoms with E-state index in [0.717, 1.165) is 6.42 Å². The van der Waals surface area contributed by atoms with Crippen molar-refractivity contribution in [1.82, 2.24) is 0 Å². The Labute approximate surface area is 118 Å². The molecule has 0 saturated carbocycles. The molecule has 106 valence electrons. The molecule has 0 radical (unpaired) electrons. The second kappa shape index (κ2) is 5.69. The molecule has 1 aromatic carbocycles. The molecule has 2 rings (SSSR count). The fourth-order valence-electron chi connectivity index (χ4n) is 2.41. The molecule has 6 heteroatoms. The summed E-state index contributed by atoms with van der Waals surface area (Å²) in [5.74, 6) is 0.589. The molecule has 1 aliphatic rings. The van der Waals surface area contributed by atoms with Gasteiger partial charge in [0.2, 0.25) is 0 Å². The number of hydrogen-bond acceptors (Lipinski definition) is 4. The average Bonchev–Trinajstić information content (AvgIpc) is 2.38. The van der Waals surface area contributed by atoms with Gasteiger partial charge in [0.25, 0.3) is 0 Å². The lowest BCUT2D eigenvalue weighted by Crippen LogP contribution is -2.33. The highest BCUT2D eigenvalue weighted by Crippen LogP contribution is 2.34. The Bertz CT molecular complexity index is 556. The highest BCUT2D eigenvalue weighted by atomic mass is 35.5. The van der Waals surface area contributed by atoms with E-state index >= 15 is 0 Å². The maximum Gasteiger partial charge on any atom is 0.156 e. The summed E-state index contributed by atoms with van der Waals surface area (Å²) in [7, 11) is -1.74. The van der Waals surface area contributed by atoms with Crippen LogP contribution in [-0.2, 0) is 9.84 Å². The quantitative estimate of drug-likeness (QED) is 0.931. The highest BCUT2D eigenvalue weighted by molar-refractivity contribution is 7.92. The second-order valence-electron chi connectivity index (χ2n) is 4.74. The third-order valence-electron chi connectivity index (χ3n) is 3.50. The van der Waals surface area contributed by atoms with Gasteiger partial charge in [0.1, 0.15) is 5.75 Å². The zero-order chi connectivity index (χ0) is 14.0. The Kier molecular flexibility index (Phi) is 4.38. The van der Waals surface area contributed by atoms with Gasteiger partial charge in [0, 0.05) is 0 Å². The van der Waals surface area contributed by atoms with Crippen molar-refractivity contribution < 1.29 is 18.3 Å². The van der Waals surface area contributed by atoms with Gasteiger partial charge in [-0.1, -0.05) is 24.1 Å². The number of sulfone groups is 1. The average molecular weight is 305 g/mol. The number of aliphatic hydroxyl groups is 1. The summed E-state index contributed by atoms with van der Waals surface area (Å²) in [4.78, 5) is 0. The lowest BCUT2D eigenvalue weighted by Gasteiger charge is -2.27. The molecule has 2 atom stereocenters. The van der Waals surface area contributed by atoms with Crippen molar-refractivity contribution in [3.05, 3.63) is 28.8 Å². The van der Waals surface area contributed by atoms with Gasteiger partial charge in [-0.05, 0) is 30.5 Å². The molecule has 1 fully saturated rings. The molecule has 0 aromatic heterocycles. The molecule has 4 nitrogen and oxygen atoms in total. The predicted molar refractivity (Wildman–Crippen MR) is 74.4 cm³/mol. The third kappa shape index (κ3) is 3.04. The summed E-state index contributed by atoms with van der Waals surface area (Å²) >= 11 is 5.92. The van der Waals surface area contributed by atoms with Crippen molar-refractivity contribution in [2.24, 2.45) is 0 Å². The fraction of sp³-hybridized carbons (Fsp3) is 0.538. The summed E-state index contributed by atoms with van der Waals surface area (Å²) in [6.07, 6.45) is 0.965. The van der Waals surface area contributed by atoms with Crippen molar-refractivity contribution >= 4 is 21.4 Å². The van der Waals surface area contributed by atoms with Crippen molar-refractivity contribution in [3.63, 3.8) is 0 Å². The number of ether oxygens (including phenoxy) is 1. The number of aliphatic hydroxyl groups excluding tert-OH is 1. The molecule has 1 saturated heterocycles. The van der Waals surface area contributed by atoms with Crippen LogP contribution in [0.2, 0.25) is 5.02 Å². The van der Waals surface area contributed by atoms with E-state index in [0.29, 0.717) is 29.2 Å². The number of rotatable bonds is 3. The summed E-state index contributed by atoms with van der Waals surface area (Å²) in [6.45, 7) is 0. The largest absolute Gasteiger partial charge is 0.495 e. The van der Waals surface area contributed by atoms with E-state index in [2.05, 4.69) is 0 Å². The number of halogens is 1. The molecular weight excluding hydrogens is 288 g/mol. The first-order valence-electron chi connectivity index (χ1n) is 6.19. The van der Waals surface area contributed by atoms with Crippen LogP contribution >= 0.6 is 11.6 Å². The van der Waals surface area contributed by atoms with Crippen molar-refractivity contribution in [2.45, 2.75) is 30.6 Å². The molecular formula is C13H17ClO4S. The molecule has 1 aliphatic heterocycles.